The van der Waals surface area contributed by atoms with Crippen LogP contribution in [0, 0.1) is 11.7 Å². The van der Waals surface area contributed by atoms with Crippen molar-refractivity contribution in [3.63, 3.8) is 0 Å². The standard InChI is InChI=1S/C29H42F2N4O4Si/c1-29(2,3)40(4,5)39-20-22-9-8-10-25(27(22)31)23-14-32-28(33-15-23)35-16-24(17-35)34-38-19-21(13-30)18-37-26-11-6-7-12-36-26/h8-10,14-15,21,26H,6-7,11-13,16-20H2,1-5H3/q-1. The van der Waals surface area contributed by atoms with Crippen LogP contribution in [0.2, 0.25) is 18.1 Å². The minimum atomic E-state index is -2.00. The molecule has 3 heterocycles. The second kappa shape index (κ2) is 13.5. The monoisotopic (exact) mass is 576 g/mol. The van der Waals surface area contributed by atoms with Crippen molar-refractivity contribution >= 4 is 20.0 Å². The largest absolute Gasteiger partial charge is 0.561 e. The highest BCUT2D eigenvalue weighted by atomic mass is 28.4. The average molecular weight is 577 g/mol. The van der Waals surface area contributed by atoms with E-state index in [0.717, 1.165) is 25.0 Å². The Morgan fingerprint density at radius 1 is 1.15 bits per heavy atom. The Kier molecular flexibility index (Phi) is 10.3. The van der Waals surface area contributed by atoms with E-state index in [1.54, 1.807) is 24.5 Å². The van der Waals surface area contributed by atoms with Gasteiger partial charge in [0.15, 0.2) is 6.29 Å². The van der Waals surface area contributed by atoms with Crippen LogP contribution in [0.5, 0.6) is 0 Å². The van der Waals surface area contributed by atoms with Crippen molar-refractivity contribution in [2.24, 2.45) is 11.1 Å². The molecule has 1 aromatic carbocycles. The zero-order valence-corrected chi connectivity index (χ0v) is 25.3. The van der Waals surface area contributed by atoms with Crippen LogP contribution < -0.4 is 4.90 Å². The Hall–Kier alpha value is -2.47. The molecule has 0 aliphatic carbocycles. The van der Waals surface area contributed by atoms with Gasteiger partial charge in [-0.1, -0.05) is 44.1 Å². The molecule has 2 aromatic rings. The molecule has 2 saturated heterocycles. The van der Waals surface area contributed by atoms with Crippen LogP contribution in [0.3, 0.4) is 0 Å². The van der Waals surface area contributed by atoms with Gasteiger partial charge in [-0.15, -0.1) is 18.1 Å². The summed E-state index contributed by atoms with van der Waals surface area (Å²) in [6.45, 7) is 12.6. The second-order valence-corrected chi connectivity index (χ2v) is 16.9. The molecule has 0 spiro atoms. The molecule has 4 rings (SSSR count). The van der Waals surface area contributed by atoms with Crippen molar-refractivity contribution in [2.75, 3.05) is 44.5 Å². The van der Waals surface area contributed by atoms with E-state index in [-0.39, 0.29) is 42.9 Å². The molecule has 0 amide bonds. The van der Waals surface area contributed by atoms with Crippen LogP contribution in [0.25, 0.3) is 11.1 Å². The Morgan fingerprint density at radius 2 is 1.90 bits per heavy atom. The van der Waals surface area contributed by atoms with E-state index in [0.29, 0.717) is 42.3 Å². The van der Waals surface area contributed by atoms with Gasteiger partial charge in [-0.05, 0) is 27.6 Å². The Morgan fingerprint density at radius 3 is 2.55 bits per heavy atom. The first-order valence-corrected chi connectivity index (χ1v) is 16.9. The highest BCUT2D eigenvalue weighted by molar-refractivity contribution is 6.74. The Balaban J connectivity index is 1.26. The molecule has 11 heteroatoms. The lowest BCUT2D eigenvalue weighted by Gasteiger charge is -2.48. The molecule has 2 atom stereocenters. The number of aromatic nitrogens is 2. The molecule has 221 valence electrons. The maximum Gasteiger partial charge on any atom is 0.225 e. The van der Waals surface area contributed by atoms with E-state index in [2.05, 4.69) is 49.0 Å². The third-order valence-corrected chi connectivity index (χ3v) is 12.3. The highest BCUT2D eigenvalue weighted by Crippen LogP contribution is 2.37. The summed E-state index contributed by atoms with van der Waals surface area (Å²) in [5.74, 6) is -0.168. The van der Waals surface area contributed by atoms with Crippen LogP contribution in [0.15, 0.2) is 35.7 Å². The third kappa shape index (κ3) is 7.83. The van der Waals surface area contributed by atoms with E-state index in [9.17, 15) is 4.39 Å². The zero-order valence-electron chi connectivity index (χ0n) is 24.3. The van der Waals surface area contributed by atoms with Crippen molar-refractivity contribution in [1.82, 2.24) is 9.97 Å². The van der Waals surface area contributed by atoms with E-state index < -0.39 is 15.0 Å². The van der Waals surface area contributed by atoms with Gasteiger partial charge in [0.2, 0.25) is 5.95 Å². The average Bonchev–Trinajstić information content (AvgIpc) is 2.91. The van der Waals surface area contributed by atoms with Crippen LogP contribution in [0.4, 0.5) is 14.7 Å². The molecule has 8 nitrogen and oxygen atoms in total. The molecule has 0 radical (unpaired) electrons. The van der Waals surface area contributed by atoms with Crippen molar-refractivity contribution in [1.29, 1.82) is 0 Å². The molecular formula is C29H42F2N4O4Si-. The van der Waals surface area contributed by atoms with Gasteiger partial charge in [0.25, 0.3) is 0 Å². The van der Waals surface area contributed by atoms with E-state index in [4.69, 9.17) is 18.7 Å². The summed E-state index contributed by atoms with van der Waals surface area (Å²) in [5.41, 5.74) is 2.40. The lowest BCUT2D eigenvalue weighted by atomic mass is 10.1. The van der Waals surface area contributed by atoms with Crippen molar-refractivity contribution < 1.29 is 27.5 Å². The van der Waals surface area contributed by atoms with Crippen LogP contribution in [0.1, 0.15) is 45.6 Å². The summed E-state index contributed by atoms with van der Waals surface area (Å²) < 4.78 is 46.1. The minimum absolute atomic E-state index is 0.0497. The van der Waals surface area contributed by atoms with E-state index in [1.165, 1.54) is 0 Å². The molecule has 2 aliphatic rings. The van der Waals surface area contributed by atoms with Crippen molar-refractivity contribution in [3.8, 4) is 11.1 Å². The first kappa shape index (κ1) is 30.5. The fraction of sp³-hybridized carbons (Fsp3) is 0.621. The van der Waals surface area contributed by atoms with Gasteiger partial charge in [0.1, 0.15) is 12.4 Å². The van der Waals surface area contributed by atoms with E-state index >= 15 is 4.39 Å². The van der Waals surface area contributed by atoms with Gasteiger partial charge in [0.05, 0.1) is 32.1 Å². The third-order valence-electron chi connectivity index (χ3n) is 7.83. The number of nitrogens with zero attached hydrogens (tertiary/aromatic N) is 4. The predicted molar refractivity (Wildman–Crippen MR) is 154 cm³/mol. The lowest BCUT2D eigenvalue weighted by molar-refractivity contribution is -0.172. The predicted octanol–water partition coefficient (Wildman–Crippen LogP) is 6.13. The number of oxime groups is 1. The smallest absolute Gasteiger partial charge is 0.225 e. The van der Waals surface area contributed by atoms with Gasteiger partial charge in [-0.25, -0.2) is 14.4 Å². The second-order valence-electron chi connectivity index (χ2n) is 12.1. The van der Waals surface area contributed by atoms with Gasteiger partial charge in [-0.3, -0.25) is 4.39 Å². The number of hydrogen-bond donors (Lipinski definition) is 0. The summed E-state index contributed by atoms with van der Waals surface area (Å²) in [5, 5.41) is 4.18. The van der Waals surface area contributed by atoms with Crippen LogP contribution >= 0.6 is 0 Å². The number of alkyl halides is 1. The molecule has 2 unspecified atom stereocenters. The number of rotatable bonds is 12. The first-order valence-electron chi connectivity index (χ1n) is 14.0. The fourth-order valence-electron chi connectivity index (χ4n) is 4.06. The van der Waals surface area contributed by atoms with E-state index in [1.807, 2.05) is 11.0 Å². The SMILES string of the molecule is CC(C)(C)[Si-](C)(C)OCc1cccc(-c2cnc(N3CC(=NOCC(CF)COC4CCCCO4)C3)nc2)c1F. The molecular weight excluding hydrogens is 534 g/mol. The normalized spacial score (nSPS) is 18.8. The Labute approximate surface area is 237 Å². The number of hydrogen-bond acceptors (Lipinski definition) is 8. The minimum Gasteiger partial charge on any atom is -0.561 e. The van der Waals surface area contributed by atoms with Crippen molar-refractivity contribution in [3.05, 3.63) is 42.0 Å². The number of benzene rings is 1. The number of anilines is 1. The molecule has 2 aliphatic heterocycles. The molecule has 40 heavy (non-hydrogen) atoms. The van der Waals surface area contributed by atoms with Gasteiger partial charge in [-0.2, -0.15) is 0 Å². The maximum absolute atomic E-state index is 15.4. The van der Waals surface area contributed by atoms with Crippen LogP contribution in [-0.2, 0) is 25.3 Å². The summed E-state index contributed by atoms with van der Waals surface area (Å²) in [6, 6.07) is 5.32. The van der Waals surface area contributed by atoms with Gasteiger partial charge < -0.3 is 23.6 Å². The Bertz CT molecular complexity index is 1130. The highest BCUT2D eigenvalue weighted by Gasteiger charge is 2.27. The molecule has 0 bridgehead atoms. The summed E-state index contributed by atoms with van der Waals surface area (Å²) in [4.78, 5) is 16.2. The quantitative estimate of drug-likeness (QED) is 0.222. The van der Waals surface area contributed by atoms with Crippen molar-refractivity contribution in [2.45, 2.75) is 71.1 Å². The van der Waals surface area contributed by atoms with Gasteiger partial charge in [0, 0.05) is 48.2 Å². The molecule has 0 saturated carbocycles. The summed E-state index contributed by atoms with van der Waals surface area (Å²) in [6.07, 6.45) is 5.96. The fourth-order valence-corrected chi connectivity index (χ4v) is 5.01. The number of ether oxygens (including phenoxy) is 2. The lowest BCUT2D eigenvalue weighted by Crippen LogP contribution is -2.48. The zero-order chi connectivity index (χ0) is 28.8. The molecule has 1 aromatic heterocycles. The molecule has 0 N–H and O–H groups in total. The van der Waals surface area contributed by atoms with Gasteiger partial charge >= 0.3 is 0 Å². The maximum atomic E-state index is 15.4. The van der Waals surface area contributed by atoms with Crippen LogP contribution in [-0.4, -0.2) is 69.9 Å². The first-order chi connectivity index (χ1) is 19.1. The summed E-state index contributed by atoms with van der Waals surface area (Å²) in [7, 11) is -2.00. The number of halogens is 2. The summed E-state index contributed by atoms with van der Waals surface area (Å²) >= 11 is 0. The molecule has 2 fully saturated rings. The topological polar surface area (TPSA) is 78.3 Å².